The van der Waals surface area contributed by atoms with Gasteiger partial charge in [0.1, 0.15) is 6.26 Å². The van der Waals surface area contributed by atoms with Gasteiger partial charge in [-0.15, -0.1) is 0 Å². The summed E-state index contributed by atoms with van der Waals surface area (Å²) in [5.41, 5.74) is 0.723. The van der Waals surface area contributed by atoms with Gasteiger partial charge in [0.2, 0.25) is 5.91 Å². The van der Waals surface area contributed by atoms with Crippen LogP contribution >= 0.6 is 0 Å². The van der Waals surface area contributed by atoms with Crippen LogP contribution in [0.5, 0.6) is 0 Å². The van der Waals surface area contributed by atoms with E-state index in [4.69, 9.17) is 4.42 Å². The molecule has 0 unspecified atom stereocenters. The number of hydrogen-bond acceptors (Lipinski definition) is 3. The second-order valence-electron chi connectivity index (χ2n) is 5.12. The fourth-order valence-corrected chi connectivity index (χ4v) is 2.41. The van der Waals surface area contributed by atoms with E-state index < -0.39 is 0 Å². The molecule has 1 aromatic rings. The van der Waals surface area contributed by atoms with Crippen LogP contribution in [0, 0.1) is 11.8 Å². The van der Waals surface area contributed by atoms with E-state index in [1.807, 2.05) is 4.90 Å². The highest BCUT2D eigenvalue weighted by Crippen LogP contribution is 2.24. The Hall–Kier alpha value is -1.32. The number of carbonyl (C=O) groups excluding carboxylic acids is 1. The molecule has 0 N–H and O–H groups in total. The predicted molar refractivity (Wildman–Crippen MR) is 64.3 cm³/mol. The fraction of sp³-hybridized carbons (Fsp3) is 0.692. The number of amides is 1. The number of nitrogens with zero attached hydrogens (tertiary/aromatic N) is 2. The van der Waals surface area contributed by atoms with E-state index in [1.54, 1.807) is 6.26 Å². The van der Waals surface area contributed by atoms with Crippen molar-refractivity contribution in [1.29, 1.82) is 0 Å². The minimum atomic E-state index is 0.168. The van der Waals surface area contributed by atoms with Crippen molar-refractivity contribution in [3.8, 4) is 0 Å². The zero-order valence-corrected chi connectivity index (χ0v) is 10.6. The Morgan fingerprint density at radius 3 is 2.76 bits per heavy atom. The van der Waals surface area contributed by atoms with Crippen LogP contribution < -0.4 is 0 Å². The Labute approximate surface area is 102 Å². The molecule has 1 aromatic heterocycles. The molecule has 1 fully saturated rings. The number of likely N-dealkylation sites (tertiary alicyclic amines) is 1. The van der Waals surface area contributed by atoms with Crippen molar-refractivity contribution in [3.05, 3.63) is 18.4 Å². The summed E-state index contributed by atoms with van der Waals surface area (Å²) in [6, 6.07) is 0. The molecular formula is C13H20N2O2. The summed E-state index contributed by atoms with van der Waals surface area (Å²) < 4.78 is 4.87. The quantitative estimate of drug-likeness (QED) is 0.807. The molecule has 17 heavy (non-hydrogen) atoms. The van der Waals surface area contributed by atoms with Crippen molar-refractivity contribution in [2.45, 2.75) is 33.1 Å². The van der Waals surface area contributed by atoms with E-state index in [2.05, 4.69) is 18.8 Å². The predicted octanol–water partition coefficient (Wildman–Crippen LogP) is 2.11. The lowest BCUT2D eigenvalue weighted by Gasteiger charge is -2.33. The van der Waals surface area contributed by atoms with Gasteiger partial charge in [-0.05, 0) is 24.7 Å². The maximum atomic E-state index is 12.0. The molecule has 2 heterocycles. The number of piperidine rings is 1. The molecule has 1 saturated heterocycles. The topological polar surface area (TPSA) is 46.3 Å². The monoisotopic (exact) mass is 236 g/mol. The van der Waals surface area contributed by atoms with Gasteiger partial charge in [-0.3, -0.25) is 4.79 Å². The molecule has 0 aromatic carbocycles. The van der Waals surface area contributed by atoms with Gasteiger partial charge < -0.3 is 9.32 Å². The van der Waals surface area contributed by atoms with E-state index in [0.29, 0.717) is 6.42 Å². The first-order valence-electron chi connectivity index (χ1n) is 6.31. The van der Waals surface area contributed by atoms with Crippen LogP contribution in [0.25, 0.3) is 0 Å². The summed E-state index contributed by atoms with van der Waals surface area (Å²) in [5.74, 6) is 1.66. The first-order valence-corrected chi connectivity index (χ1v) is 6.31. The Morgan fingerprint density at radius 2 is 2.24 bits per heavy atom. The summed E-state index contributed by atoms with van der Waals surface area (Å²) in [6.07, 6.45) is 5.53. The first-order chi connectivity index (χ1) is 8.16. The van der Waals surface area contributed by atoms with E-state index in [-0.39, 0.29) is 5.91 Å². The SMILES string of the molecule is CC(C)C1CCN(C(=O)Cc2cocn2)CC1. The highest BCUT2D eigenvalue weighted by Gasteiger charge is 2.24. The maximum Gasteiger partial charge on any atom is 0.228 e. The molecule has 0 aliphatic carbocycles. The molecule has 1 aliphatic rings. The van der Waals surface area contributed by atoms with E-state index in [1.165, 1.54) is 6.39 Å². The number of oxazole rings is 1. The van der Waals surface area contributed by atoms with Gasteiger partial charge >= 0.3 is 0 Å². The molecule has 0 saturated carbocycles. The minimum absolute atomic E-state index is 0.168. The van der Waals surface area contributed by atoms with Gasteiger partial charge in [0.05, 0.1) is 12.1 Å². The molecule has 0 radical (unpaired) electrons. The molecular weight excluding hydrogens is 216 g/mol. The Bertz CT molecular complexity index is 352. The zero-order chi connectivity index (χ0) is 12.3. The molecule has 2 rings (SSSR count). The molecule has 4 nitrogen and oxygen atoms in total. The van der Waals surface area contributed by atoms with Crippen molar-refractivity contribution in [3.63, 3.8) is 0 Å². The molecule has 0 bridgehead atoms. The molecule has 0 atom stereocenters. The zero-order valence-electron chi connectivity index (χ0n) is 10.6. The summed E-state index contributed by atoms with van der Waals surface area (Å²) >= 11 is 0. The Balaban J connectivity index is 1.82. The van der Waals surface area contributed by atoms with E-state index >= 15 is 0 Å². The average molecular weight is 236 g/mol. The molecule has 4 heteroatoms. The molecule has 1 amide bonds. The Kier molecular flexibility index (Phi) is 3.82. The van der Waals surface area contributed by atoms with Gasteiger partial charge in [-0.25, -0.2) is 4.98 Å². The second kappa shape index (κ2) is 5.34. The smallest absolute Gasteiger partial charge is 0.228 e. The second-order valence-corrected chi connectivity index (χ2v) is 5.12. The van der Waals surface area contributed by atoms with Crippen LogP contribution in [-0.4, -0.2) is 28.9 Å². The van der Waals surface area contributed by atoms with Gasteiger partial charge in [0.15, 0.2) is 6.39 Å². The van der Waals surface area contributed by atoms with Crippen molar-refractivity contribution >= 4 is 5.91 Å². The standard InChI is InChI=1S/C13H20N2O2/c1-10(2)11-3-5-15(6-4-11)13(16)7-12-8-17-9-14-12/h8-11H,3-7H2,1-2H3. The molecule has 94 valence electrons. The van der Waals surface area contributed by atoms with Crippen molar-refractivity contribution in [1.82, 2.24) is 9.88 Å². The van der Waals surface area contributed by atoms with Gasteiger partial charge in [-0.2, -0.15) is 0 Å². The highest BCUT2D eigenvalue weighted by atomic mass is 16.3. The number of carbonyl (C=O) groups is 1. The summed E-state index contributed by atoms with van der Waals surface area (Å²) in [5, 5.41) is 0. The number of aromatic nitrogens is 1. The van der Waals surface area contributed by atoms with Crippen LogP contribution in [0.4, 0.5) is 0 Å². The van der Waals surface area contributed by atoms with E-state index in [9.17, 15) is 4.79 Å². The van der Waals surface area contributed by atoms with Crippen molar-refractivity contribution < 1.29 is 9.21 Å². The normalized spacial score (nSPS) is 17.7. The highest BCUT2D eigenvalue weighted by molar-refractivity contribution is 5.78. The number of hydrogen-bond donors (Lipinski definition) is 0. The van der Waals surface area contributed by atoms with Crippen LogP contribution in [0.2, 0.25) is 0 Å². The van der Waals surface area contributed by atoms with Crippen molar-refractivity contribution in [2.75, 3.05) is 13.1 Å². The third-order valence-corrected chi connectivity index (χ3v) is 3.65. The number of rotatable bonds is 3. The fourth-order valence-electron chi connectivity index (χ4n) is 2.41. The largest absolute Gasteiger partial charge is 0.451 e. The Morgan fingerprint density at radius 1 is 1.53 bits per heavy atom. The van der Waals surface area contributed by atoms with Gasteiger partial charge in [-0.1, -0.05) is 13.8 Å². The summed E-state index contributed by atoms with van der Waals surface area (Å²) in [6.45, 7) is 6.30. The lowest BCUT2D eigenvalue weighted by Crippen LogP contribution is -2.40. The minimum Gasteiger partial charge on any atom is -0.451 e. The van der Waals surface area contributed by atoms with Gasteiger partial charge in [0.25, 0.3) is 0 Å². The third kappa shape index (κ3) is 3.08. The van der Waals surface area contributed by atoms with Crippen LogP contribution in [0.1, 0.15) is 32.4 Å². The first kappa shape index (κ1) is 12.1. The molecule has 0 spiro atoms. The van der Waals surface area contributed by atoms with E-state index in [0.717, 1.165) is 43.5 Å². The van der Waals surface area contributed by atoms with Crippen molar-refractivity contribution in [2.24, 2.45) is 11.8 Å². The molecule has 1 aliphatic heterocycles. The van der Waals surface area contributed by atoms with Gasteiger partial charge in [0, 0.05) is 13.1 Å². The van der Waals surface area contributed by atoms with Crippen LogP contribution in [-0.2, 0) is 11.2 Å². The summed E-state index contributed by atoms with van der Waals surface area (Å²) in [4.78, 5) is 17.9. The average Bonchev–Trinajstić information content (AvgIpc) is 2.82. The third-order valence-electron chi connectivity index (χ3n) is 3.65. The lowest BCUT2D eigenvalue weighted by molar-refractivity contribution is -0.132. The lowest BCUT2D eigenvalue weighted by atomic mass is 9.86. The summed E-state index contributed by atoms with van der Waals surface area (Å²) in [7, 11) is 0. The van der Waals surface area contributed by atoms with Crippen LogP contribution in [0.15, 0.2) is 17.1 Å². The maximum absolute atomic E-state index is 12.0. The van der Waals surface area contributed by atoms with Crippen LogP contribution in [0.3, 0.4) is 0 Å².